The van der Waals surface area contributed by atoms with Crippen LogP contribution in [-0.2, 0) is 27.1 Å². The smallest absolute Gasteiger partial charge is 0.252 e. The molecule has 0 fully saturated rings. The van der Waals surface area contributed by atoms with Gasteiger partial charge in [-0.25, -0.2) is 0 Å². The Morgan fingerprint density at radius 3 is 0.752 bits per heavy atom. The second-order valence-electron chi connectivity index (χ2n) is 39.7. The molecule has 2 nitrogen and oxygen atoms in total. The second-order valence-corrected chi connectivity index (χ2v) is 39.7. The molecular weight excluding hydrogens is 1460 g/mol. The molecule has 3 heteroatoms. The number of fused-ring (bicyclic) bond motifs is 4. The molecular formula is C118H101BN2. The number of benzene rings is 19. The van der Waals surface area contributed by atoms with E-state index >= 15 is 0 Å². The van der Waals surface area contributed by atoms with Crippen molar-refractivity contribution in [2.24, 2.45) is 0 Å². The molecule has 0 N–H and O–H groups in total. The molecule has 0 spiro atoms. The van der Waals surface area contributed by atoms with Gasteiger partial charge in [0.25, 0.3) is 6.71 Å². The topological polar surface area (TPSA) is 6.48 Å². The predicted molar refractivity (Wildman–Crippen MR) is 525 cm³/mol. The van der Waals surface area contributed by atoms with Crippen LogP contribution < -0.4 is 26.2 Å². The third-order valence-electron chi connectivity index (χ3n) is 26.5. The first-order chi connectivity index (χ1) is 58.1. The van der Waals surface area contributed by atoms with Gasteiger partial charge in [0.15, 0.2) is 0 Å². The van der Waals surface area contributed by atoms with E-state index in [2.05, 4.69) is 453 Å². The average Bonchev–Trinajstić information content (AvgIpc) is 0.682. The molecule has 0 radical (unpaired) electrons. The molecule has 2 aliphatic rings. The number of rotatable bonds is 10. The molecule has 0 unspecified atom stereocenters. The van der Waals surface area contributed by atoms with Crippen LogP contribution in [0.15, 0.2) is 340 Å². The molecule has 19 aromatic carbocycles. The Morgan fingerprint density at radius 1 is 0.190 bits per heavy atom. The van der Waals surface area contributed by atoms with Gasteiger partial charge in [0, 0.05) is 45.0 Å². The van der Waals surface area contributed by atoms with Crippen LogP contribution in [0.4, 0.5) is 34.1 Å². The normalized spacial score (nSPS) is 13.2. The molecule has 2 aliphatic heterocycles. The molecule has 0 saturated carbocycles. The lowest BCUT2D eigenvalue weighted by atomic mass is 9.33. The van der Waals surface area contributed by atoms with Gasteiger partial charge in [-0.3, -0.25) is 0 Å². The maximum atomic E-state index is 2.76. The molecule has 0 bridgehead atoms. The van der Waals surface area contributed by atoms with Crippen molar-refractivity contribution in [1.82, 2.24) is 0 Å². The van der Waals surface area contributed by atoms with Gasteiger partial charge in [0.05, 0.1) is 11.4 Å². The van der Waals surface area contributed by atoms with Crippen LogP contribution in [0.25, 0.3) is 154 Å². The van der Waals surface area contributed by atoms with Gasteiger partial charge in [-0.2, -0.15) is 0 Å². The highest BCUT2D eigenvalue weighted by Gasteiger charge is 2.47. The third-order valence-corrected chi connectivity index (χ3v) is 26.5. The van der Waals surface area contributed by atoms with Crippen molar-refractivity contribution < 1.29 is 0 Å². The van der Waals surface area contributed by atoms with Crippen LogP contribution in [-0.4, -0.2) is 6.71 Å². The van der Waals surface area contributed by atoms with Crippen molar-refractivity contribution in [2.45, 2.75) is 131 Å². The lowest BCUT2D eigenvalue weighted by Crippen LogP contribution is -2.61. The van der Waals surface area contributed by atoms with Gasteiger partial charge in [-0.05, 0) is 275 Å². The molecule has 586 valence electrons. The van der Waals surface area contributed by atoms with Gasteiger partial charge < -0.3 is 9.80 Å². The second kappa shape index (κ2) is 27.7. The summed E-state index contributed by atoms with van der Waals surface area (Å²) in [4.78, 5) is 5.51. The van der Waals surface area contributed by atoms with Crippen LogP contribution in [0.5, 0.6) is 0 Å². The van der Waals surface area contributed by atoms with Gasteiger partial charge in [0.1, 0.15) is 0 Å². The van der Waals surface area contributed by atoms with Crippen molar-refractivity contribution in [1.29, 1.82) is 0 Å². The van der Waals surface area contributed by atoms with E-state index in [4.69, 9.17) is 0 Å². The number of nitrogens with zero attached hydrogens (tertiary/aromatic N) is 2. The third kappa shape index (κ3) is 12.7. The Kier molecular flexibility index (Phi) is 17.3. The maximum absolute atomic E-state index is 2.76. The van der Waals surface area contributed by atoms with E-state index in [-0.39, 0.29) is 33.8 Å². The molecule has 0 atom stereocenters. The molecule has 0 saturated heterocycles. The van der Waals surface area contributed by atoms with Crippen LogP contribution in [0, 0.1) is 0 Å². The first-order valence-corrected chi connectivity index (χ1v) is 43.5. The van der Waals surface area contributed by atoms with Crippen LogP contribution in [0.3, 0.4) is 0 Å². The largest absolute Gasteiger partial charge is 0.310 e. The summed E-state index contributed by atoms with van der Waals surface area (Å²) < 4.78 is 0. The minimum atomic E-state index is -0.352. The van der Waals surface area contributed by atoms with Crippen LogP contribution in [0.2, 0.25) is 0 Å². The van der Waals surface area contributed by atoms with Crippen LogP contribution >= 0.6 is 0 Å². The quantitative estimate of drug-likeness (QED) is 0.0995. The van der Waals surface area contributed by atoms with Gasteiger partial charge in [0.2, 0.25) is 0 Å². The Bertz CT molecular complexity index is 6800. The fraction of sp³-hybridized carbons (Fsp3) is 0.169. The Balaban J connectivity index is 0.964. The zero-order chi connectivity index (χ0) is 83.1. The van der Waals surface area contributed by atoms with Crippen molar-refractivity contribution >= 4 is 122 Å². The fourth-order valence-corrected chi connectivity index (χ4v) is 20.0. The van der Waals surface area contributed by atoms with Gasteiger partial charge in [-0.15, -0.1) is 0 Å². The summed E-state index contributed by atoms with van der Waals surface area (Å²) in [7, 11) is 0. The van der Waals surface area contributed by atoms with Crippen LogP contribution in [0.1, 0.15) is 132 Å². The summed E-state index contributed by atoms with van der Waals surface area (Å²) in [5.74, 6) is 0. The van der Waals surface area contributed by atoms with Gasteiger partial charge >= 0.3 is 0 Å². The Hall–Kier alpha value is -13.1. The first kappa shape index (κ1) is 75.4. The highest BCUT2D eigenvalue weighted by atomic mass is 15.2. The molecule has 121 heavy (non-hydrogen) atoms. The Labute approximate surface area is 714 Å². The van der Waals surface area contributed by atoms with Crippen molar-refractivity contribution in [3.8, 4) is 89.0 Å². The standard InChI is InChI=1S/C118H101BN2/c1-114(2,3)88-54-80-46-48-82-56-90(116(7,8)9)68-99-93(64-86(58-88)107(80)109(82)99)78-50-52-103-101(66-78)119-102-67-79(94-65-87-59-89(115(4,5)6)55-81-47-49-83-57-91(117(10,11)12)69-100(94)110(83)108(81)87)51-53-104(102)121(113-97(76-42-30-20-31-43-76)62-85(73-36-24-17-25-37-73)63-98(113)77-44-32-21-33-45-77)106-71-92(118(13,14)15)70-105(111(106)119)120(103)112-95(74-38-26-18-27-39-74)60-84(72-34-22-16-23-35-72)61-96(112)75-40-28-19-29-41-75/h16-71H,1-15H3. The number of hydrogen-bond donors (Lipinski definition) is 0. The van der Waals surface area contributed by atoms with E-state index in [1.54, 1.807) is 0 Å². The molecule has 21 rings (SSSR count). The van der Waals surface area contributed by atoms with Crippen molar-refractivity contribution in [3.05, 3.63) is 368 Å². The van der Waals surface area contributed by atoms with E-state index in [9.17, 15) is 0 Å². The van der Waals surface area contributed by atoms with E-state index < -0.39 is 0 Å². The monoisotopic (exact) mass is 1560 g/mol. The average molecular weight is 1560 g/mol. The minimum absolute atomic E-state index is 0.0936. The zero-order valence-corrected chi connectivity index (χ0v) is 72.3. The number of anilines is 6. The van der Waals surface area contributed by atoms with E-state index in [0.29, 0.717) is 0 Å². The molecule has 0 aliphatic carbocycles. The molecule has 2 heterocycles. The van der Waals surface area contributed by atoms with E-state index in [1.807, 2.05) is 0 Å². The highest BCUT2D eigenvalue weighted by molar-refractivity contribution is 7.00. The van der Waals surface area contributed by atoms with E-state index in [0.717, 1.165) is 101 Å². The fourth-order valence-electron chi connectivity index (χ4n) is 20.0. The van der Waals surface area contributed by atoms with E-state index in [1.165, 1.54) is 131 Å². The first-order valence-electron chi connectivity index (χ1n) is 43.5. The highest BCUT2D eigenvalue weighted by Crippen LogP contribution is 2.57. The summed E-state index contributed by atoms with van der Waals surface area (Å²) in [6, 6.07) is 132. The zero-order valence-electron chi connectivity index (χ0n) is 72.3. The maximum Gasteiger partial charge on any atom is 0.252 e. The molecule has 0 aromatic heterocycles. The lowest BCUT2D eigenvalue weighted by Gasteiger charge is -2.46. The summed E-state index contributed by atoms with van der Waals surface area (Å²) in [6.07, 6.45) is 0. The molecule has 0 amide bonds. The summed E-state index contributed by atoms with van der Waals surface area (Å²) >= 11 is 0. The number of hydrogen-bond acceptors (Lipinski definition) is 2. The summed E-state index contributed by atoms with van der Waals surface area (Å²) in [6.45, 7) is 35.3. The predicted octanol–water partition coefficient (Wildman–Crippen LogP) is 31.4. The minimum Gasteiger partial charge on any atom is -0.310 e. The molecule has 19 aromatic rings. The Morgan fingerprint density at radius 2 is 0.455 bits per heavy atom. The SMILES string of the molecule is CC(C)(C)c1cc2c3c(c1)N(c1c(-c4ccccc4)cc(-c4ccccc4)cc1-c1ccccc1)c1ccc(-c4cc5cc(C(C)(C)C)cc6ccc7cc(C(C)(C)C)cc4c7c65)cc1B3c1cc(-c3cc4cc(C(C)(C)C)cc5ccc6cc(C(C)(C)C)cc3c6c54)ccc1N2c1c(-c2ccccc2)cc(-c2ccccc2)cc1-c1ccccc1. The lowest BCUT2D eigenvalue weighted by molar-refractivity contribution is 0.590. The summed E-state index contributed by atoms with van der Waals surface area (Å²) in [5, 5.41) is 15.5. The summed E-state index contributed by atoms with van der Waals surface area (Å²) in [5.41, 5.74) is 34.8. The van der Waals surface area contributed by atoms with Crippen molar-refractivity contribution in [2.75, 3.05) is 9.80 Å². The van der Waals surface area contributed by atoms with Gasteiger partial charge in [-0.1, -0.05) is 371 Å². The van der Waals surface area contributed by atoms with Crippen molar-refractivity contribution in [3.63, 3.8) is 0 Å².